The maximum absolute atomic E-state index is 11.2. The highest BCUT2D eigenvalue weighted by molar-refractivity contribution is 5.78. The molecule has 1 rings (SSSR count). The second-order valence-electron chi connectivity index (χ2n) is 3.80. The molecule has 0 aromatic heterocycles. The molecular formula is C9H15N3O. The highest BCUT2D eigenvalue weighted by Crippen LogP contribution is 2.14. The van der Waals surface area contributed by atoms with Gasteiger partial charge in [-0.3, -0.25) is 9.69 Å². The molecule has 0 aliphatic carbocycles. The Kier molecular flexibility index (Phi) is 2.89. The first-order chi connectivity index (χ1) is 6.06. The Bertz CT molecular complexity index is 242. The van der Waals surface area contributed by atoms with Crippen LogP contribution in [-0.2, 0) is 4.79 Å². The average molecular weight is 181 g/mol. The Labute approximate surface area is 78.5 Å². The van der Waals surface area contributed by atoms with Gasteiger partial charge in [0.15, 0.2) is 0 Å². The third-order valence-electron chi connectivity index (χ3n) is 2.33. The van der Waals surface area contributed by atoms with Gasteiger partial charge in [-0.05, 0) is 20.3 Å². The molecule has 13 heavy (non-hydrogen) atoms. The van der Waals surface area contributed by atoms with Crippen molar-refractivity contribution in [1.82, 2.24) is 10.2 Å². The van der Waals surface area contributed by atoms with Crippen LogP contribution in [0.25, 0.3) is 0 Å². The van der Waals surface area contributed by atoms with Crippen molar-refractivity contribution in [2.45, 2.75) is 25.8 Å². The third-order valence-corrected chi connectivity index (χ3v) is 2.33. The highest BCUT2D eigenvalue weighted by Gasteiger charge is 2.28. The van der Waals surface area contributed by atoms with Gasteiger partial charge >= 0.3 is 0 Å². The molecule has 0 bridgehead atoms. The van der Waals surface area contributed by atoms with Crippen LogP contribution in [-0.4, -0.2) is 36.0 Å². The number of carbonyl (C=O) groups is 1. The lowest BCUT2D eigenvalue weighted by Gasteiger charge is -2.30. The number of hydrogen-bond acceptors (Lipinski definition) is 3. The summed E-state index contributed by atoms with van der Waals surface area (Å²) >= 11 is 0. The van der Waals surface area contributed by atoms with E-state index >= 15 is 0 Å². The van der Waals surface area contributed by atoms with Crippen molar-refractivity contribution in [3.63, 3.8) is 0 Å². The fourth-order valence-electron chi connectivity index (χ4n) is 1.35. The topological polar surface area (TPSA) is 56.1 Å². The molecule has 1 N–H and O–H groups in total. The molecule has 0 unspecified atom stereocenters. The molecule has 1 saturated heterocycles. The average Bonchev–Trinajstić information content (AvgIpc) is 2.30. The van der Waals surface area contributed by atoms with Crippen molar-refractivity contribution in [3.8, 4) is 6.07 Å². The van der Waals surface area contributed by atoms with Crippen molar-refractivity contribution in [2.75, 3.05) is 19.6 Å². The van der Waals surface area contributed by atoms with E-state index < -0.39 is 5.54 Å². The number of carbonyl (C=O) groups excluding carboxylic acids is 1. The Hall–Kier alpha value is -1.08. The van der Waals surface area contributed by atoms with E-state index in [1.54, 1.807) is 0 Å². The van der Waals surface area contributed by atoms with Gasteiger partial charge in [0.1, 0.15) is 5.54 Å². The van der Waals surface area contributed by atoms with E-state index in [4.69, 9.17) is 5.26 Å². The summed E-state index contributed by atoms with van der Waals surface area (Å²) < 4.78 is 0. The first kappa shape index (κ1) is 10.0. The van der Waals surface area contributed by atoms with E-state index in [1.165, 1.54) is 0 Å². The molecule has 1 amide bonds. The number of nitrogens with one attached hydrogen (secondary N) is 1. The Morgan fingerprint density at radius 2 is 2.31 bits per heavy atom. The zero-order chi connectivity index (χ0) is 9.90. The van der Waals surface area contributed by atoms with E-state index in [-0.39, 0.29) is 5.91 Å². The fraction of sp³-hybridized carbons (Fsp3) is 0.778. The molecule has 72 valence electrons. The summed E-state index contributed by atoms with van der Waals surface area (Å²) in [5.41, 5.74) is -0.540. The van der Waals surface area contributed by atoms with E-state index in [9.17, 15) is 4.79 Å². The van der Waals surface area contributed by atoms with Gasteiger partial charge in [0.2, 0.25) is 5.91 Å². The van der Waals surface area contributed by atoms with Gasteiger partial charge in [-0.1, -0.05) is 0 Å². The molecule has 1 aliphatic heterocycles. The molecule has 4 nitrogen and oxygen atoms in total. The highest BCUT2D eigenvalue weighted by atomic mass is 16.2. The predicted octanol–water partition coefficient (Wildman–Crippen LogP) is 0.110. The normalized spacial score (nSPS) is 20.2. The number of hydrogen-bond donors (Lipinski definition) is 1. The van der Waals surface area contributed by atoms with Crippen LogP contribution in [0.4, 0.5) is 0 Å². The summed E-state index contributed by atoms with van der Waals surface area (Å²) in [7, 11) is 0. The van der Waals surface area contributed by atoms with Gasteiger partial charge < -0.3 is 5.32 Å². The molecule has 0 aromatic rings. The summed E-state index contributed by atoms with van der Waals surface area (Å²) in [6.07, 6.45) is 0.914. The zero-order valence-electron chi connectivity index (χ0n) is 8.13. The molecule has 0 atom stereocenters. The maximum Gasteiger partial charge on any atom is 0.234 e. The van der Waals surface area contributed by atoms with E-state index in [2.05, 4.69) is 11.4 Å². The van der Waals surface area contributed by atoms with Crippen LogP contribution < -0.4 is 5.32 Å². The Morgan fingerprint density at radius 1 is 1.62 bits per heavy atom. The number of nitriles is 1. The van der Waals surface area contributed by atoms with E-state index in [0.717, 1.165) is 19.5 Å². The quantitative estimate of drug-likeness (QED) is 0.624. The lowest BCUT2D eigenvalue weighted by molar-refractivity contribution is -0.122. The minimum atomic E-state index is -0.540. The van der Waals surface area contributed by atoms with Crippen molar-refractivity contribution in [3.05, 3.63) is 0 Å². The molecule has 1 heterocycles. The maximum atomic E-state index is 11.2. The molecule has 0 radical (unpaired) electrons. The monoisotopic (exact) mass is 181 g/mol. The minimum Gasteiger partial charge on any atom is -0.355 e. The van der Waals surface area contributed by atoms with Gasteiger partial charge in [-0.2, -0.15) is 5.26 Å². The van der Waals surface area contributed by atoms with Crippen molar-refractivity contribution >= 4 is 5.91 Å². The lowest BCUT2D eigenvalue weighted by Crippen LogP contribution is -2.46. The summed E-state index contributed by atoms with van der Waals surface area (Å²) in [5.74, 6) is 0.0147. The van der Waals surface area contributed by atoms with Crippen LogP contribution in [0.2, 0.25) is 0 Å². The number of rotatable bonds is 1. The molecule has 4 heteroatoms. The molecule has 0 saturated carbocycles. The van der Waals surface area contributed by atoms with Crippen LogP contribution in [0, 0.1) is 11.3 Å². The summed E-state index contributed by atoms with van der Waals surface area (Å²) in [6.45, 7) is 5.54. The second-order valence-corrected chi connectivity index (χ2v) is 3.80. The molecule has 1 fully saturated rings. The molecular weight excluding hydrogens is 166 g/mol. The minimum absolute atomic E-state index is 0.0147. The fourth-order valence-corrected chi connectivity index (χ4v) is 1.35. The summed E-state index contributed by atoms with van der Waals surface area (Å²) in [5, 5.41) is 11.7. The standard InChI is InChI=1S/C9H15N3O/c1-9(2,7-10)12-5-3-4-11-8(13)6-12/h3-6H2,1-2H3,(H,11,13). The van der Waals surface area contributed by atoms with Gasteiger partial charge in [0.25, 0.3) is 0 Å². The predicted molar refractivity (Wildman–Crippen MR) is 48.9 cm³/mol. The van der Waals surface area contributed by atoms with E-state index in [0.29, 0.717) is 6.54 Å². The SMILES string of the molecule is CC(C)(C#N)N1CCCNC(=O)C1. The summed E-state index contributed by atoms with van der Waals surface area (Å²) in [6, 6.07) is 2.21. The van der Waals surface area contributed by atoms with Gasteiger partial charge in [-0.15, -0.1) is 0 Å². The zero-order valence-corrected chi connectivity index (χ0v) is 8.13. The van der Waals surface area contributed by atoms with Crippen LogP contribution in [0.5, 0.6) is 0 Å². The Morgan fingerprint density at radius 3 is 2.92 bits per heavy atom. The van der Waals surface area contributed by atoms with Gasteiger partial charge in [0, 0.05) is 13.1 Å². The van der Waals surface area contributed by atoms with Crippen molar-refractivity contribution < 1.29 is 4.79 Å². The lowest BCUT2D eigenvalue weighted by atomic mass is 10.1. The number of amides is 1. The smallest absolute Gasteiger partial charge is 0.234 e. The van der Waals surface area contributed by atoms with Crippen LogP contribution in [0.1, 0.15) is 20.3 Å². The largest absolute Gasteiger partial charge is 0.355 e. The van der Waals surface area contributed by atoms with Crippen LogP contribution >= 0.6 is 0 Å². The second kappa shape index (κ2) is 3.75. The Balaban J connectivity index is 2.69. The van der Waals surface area contributed by atoms with Crippen molar-refractivity contribution in [2.24, 2.45) is 0 Å². The number of nitrogens with zero attached hydrogens (tertiary/aromatic N) is 2. The van der Waals surface area contributed by atoms with Crippen LogP contribution in [0.15, 0.2) is 0 Å². The molecule has 1 aliphatic rings. The van der Waals surface area contributed by atoms with Gasteiger partial charge in [0.05, 0.1) is 12.6 Å². The van der Waals surface area contributed by atoms with Gasteiger partial charge in [-0.25, -0.2) is 0 Å². The summed E-state index contributed by atoms with van der Waals surface area (Å²) in [4.78, 5) is 13.1. The molecule has 0 aromatic carbocycles. The first-order valence-corrected chi connectivity index (χ1v) is 4.49. The third kappa shape index (κ3) is 2.43. The van der Waals surface area contributed by atoms with Crippen LogP contribution in [0.3, 0.4) is 0 Å². The van der Waals surface area contributed by atoms with Crippen molar-refractivity contribution in [1.29, 1.82) is 5.26 Å². The first-order valence-electron chi connectivity index (χ1n) is 4.49. The van der Waals surface area contributed by atoms with E-state index in [1.807, 2.05) is 18.7 Å². The molecule has 0 spiro atoms.